The lowest BCUT2D eigenvalue weighted by molar-refractivity contribution is -0.149. The van der Waals surface area contributed by atoms with Crippen molar-refractivity contribution in [3.63, 3.8) is 0 Å². The number of rotatable bonds is 5. The molecule has 0 aliphatic carbocycles. The summed E-state index contributed by atoms with van der Waals surface area (Å²) in [6.07, 6.45) is 6.70. The number of hydrogen-bond acceptors (Lipinski definition) is 4. The molecule has 1 aliphatic rings. The van der Waals surface area contributed by atoms with E-state index in [0.717, 1.165) is 11.3 Å². The number of aryl methyl sites for hydroxylation is 1. The minimum atomic E-state index is -0.162. The first-order chi connectivity index (χ1) is 14.6. The van der Waals surface area contributed by atoms with E-state index in [4.69, 9.17) is 4.74 Å². The molecular weight excluding hydrogens is 380 g/mol. The lowest BCUT2D eigenvalue weighted by atomic mass is 9.96. The normalized spacial score (nSPS) is 14.7. The van der Waals surface area contributed by atoms with Crippen molar-refractivity contribution in [3.8, 4) is 11.5 Å². The van der Waals surface area contributed by atoms with Crippen molar-refractivity contribution >= 4 is 11.9 Å². The minimum Gasteiger partial charge on any atom is -0.466 e. The fraction of sp³-hybridized carbons (Fsp3) is 0.348. The van der Waals surface area contributed by atoms with E-state index < -0.39 is 0 Å². The van der Waals surface area contributed by atoms with Gasteiger partial charge in [-0.15, -0.1) is 0 Å². The van der Waals surface area contributed by atoms with Gasteiger partial charge in [-0.1, -0.05) is 12.1 Å². The van der Waals surface area contributed by atoms with Crippen molar-refractivity contribution in [2.45, 2.75) is 26.7 Å². The minimum absolute atomic E-state index is 0.0695. The van der Waals surface area contributed by atoms with Crippen molar-refractivity contribution in [1.82, 2.24) is 19.2 Å². The highest BCUT2D eigenvalue weighted by Gasteiger charge is 2.31. The number of hydrogen-bond donors (Lipinski definition) is 0. The Balaban J connectivity index is 1.62. The molecular formula is C23H26N4O3. The third-order valence-corrected chi connectivity index (χ3v) is 5.47. The molecule has 1 saturated heterocycles. The van der Waals surface area contributed by atoms with Gasteiger partial charge in [-0.05, 0) is 56.5 Å². The van der Waals surface area contributed by atoms with Crippen molar-refractivity contribution in [1.29, 1.82) is 0 Å². The Bertz CT molecular complexity index is 1030. The Morgan fingerprint density at radius 1 is 1.13 bits per heavy atom. The summed E-state index contributed by atoms with van der Waals surface area (Å²) in [7, 11) is 0. The molecule has 156 valence electrons. The van der Waals surface area contributed by atoms with Crippen LogP contribution in [0.2, 0.25) is 0 Å². The predicted octanol–water partition coefficient (Wildman–Crippen LogP) is 3.39. The maximum Gasteiger partial charge on any atom is 0.309 e. The maximum absolute atomic E-state index is 13.4. The van der Waals surface area contributed by atoms with E-state index in [1.54, 1.807) is 15.8 Å². The van der Waals surface area contributed by atoms with Gasteiger partial charge in [-0.25, -0.2) is 4.68 Å². The van der Waals surface area contributed by atoms with Crippen LogP contribution < -0.4 is 0 Å². The largest absolute Gasteiger partial charge is 0.466 e. The van der Waals surface area contributed by atoms with Crippen LogP contribution in [-0.2, 0) is 9.53 Å². The number of nitrogens with zero attached hydrogens (tertiary/aromatic N) is 4. The van der Waals surface area contributed by atoms with E-state index in [0.29, 0.717) is 43.9 Å². The number of ether oxygens (including phenoxy) is 1. The van der Waals surface area contributed by atoms with Gasteiger partial charge in [0.25, 0.3) is 5.91 Å². The van der Waals surface area contributed by atoms with Gasteiger partial charge in [0.15, 0.2) is 5.82 Å². The summed E-state index contributed by atoms with van der Waals surface area (Å²) < 4.78 is 8.84. The second-order valence-corrected chi connectivity index (χ2v) is 7.54. The van der Waals surface area contributed by atoms with E-state index in [1.807, 2.05) is 67.2 Å². The second kappa shape index (κ2) is 8.57. The van der Waals surface area contributed by atoms with Gasteiger partial charge in [0.2, 0.25) is 0 Å². The summed E-state index contributed by atoms with van der Waals surface area (Å²) >= 11 is 0. The highest BCUT2D eigenvalue weighted by molar-refractivity contribution is 5.97. The average Bonchev–Trinajstić information content (AvgIpc) is 3.43. The van der Waals surface area contributed by atoms with Crippen molar-refractivity contribution < 1.29 is 14.3 Å². The Morgan fingerprint density at radius 3 is 2.53 bits per heavy atom. The van der Waals surface area contributed by atoms with Crippen LogP contribution in [0.1, 0.15) is 35.7 Å². The maximum atomic E-state index is 13.4. The van der Waals surface area contributed by atoms with Crippen LogP contribution in [0.25, 0.3) is 11.5 Å². The van der Waals surface area contributed by atoms with E-state index in [-0.39, 0.29) is 17.8 Å². The van der Waals surface area contributed by atoms with Gasteiger partial charge in [0.05, 0.1) is 24.4 Å². The standard InChI is InChI=1S/C23H26N4O3/c1-3-30-23(29)18-9-13-26(14-10-18)22(28)20-16-24-27(19-8-6-7-17(2)15-19)21(20)25-11-4-5-12-25/h4-8,11-12,15-16,18H,3,9-10,13-14H2,1-2H3. The van der Waals surface area contributed by atoms with Gasteiger partial charge in [0.1, 0.15) is 5.56 Å². The molecule has 1 fully saturated rings. The molecule has 0 spiro atoms. The fourth-order valence-corrected chi connectivity index (χ4v) is 3.91. The van der Waals surface area contributed by atoms with Gasteiger partial charge < -0.3 is 14.2 Å². The zero-order chi connectivity index (χ0) is 21.1. The molecule has 3 aromatic rings. The molecule has 1 amide bonds. The zero-order valence-corrected chi connectivity index (χ0v) is 17.3. The molecule has 0 bridgehead atoms. The summed E-state index contributed by atoms with van der Waals surface area (Å²) in [6, 6.07) is 11.9. The Kier molecular flexibility index (Phi) is 5.70. The number of aromatic nitrogens is 3. The van der Waals surface area contributed by atoms with Crippen molar-refractivity contribution in [3.05, 3.63) is 66.1 Å². The third-order valence-electron chi connectivity index (χ3n) is 5.47. The predicted molar refractivity (Wildman–Crippen MR) is 113 cm³/mol. The second-order valence-electron chi connectivity index (χ2n) is 7.54. The molecule has 0 saturated carbocycles. The molecule has 0 atom stereocenters. The highest BCUT2D eigenvalue weighted by atomic mass is 16.5. The van der Waals surface area contributed by atoms with E-state index in [2.05, 4.69) is 5.10 Å². The summed E-state index contributed by atoms with van der Waals surface area (Å²) in [5.41, 5.74) is 2.57. The molecule has 3 heterocycles. The van der Waals surface area contributed by atoms with Crippen LogP contribution in [0.5, 0.6) is 0 Å². The van der Waals surface area contributed by atoms with Gasteiger partial charge in [-0.3, -0.25) is 9.59 Å². The van der Waals surface area contributed by atoms with Crippen LogP contribution in [-0.4, -0.2) is 50.8 Å². The smallest absolute Gasteiger partial charge is 0.309 e. The molecule has 1 aliphatic heterocycles. The monoisotopic (exact) mass is 406 g/mol. The average molecular weight is 406 g/mol. The van der Waals surface area contributed by atoms with Crippen molar-refractivity contribution in [2.75, 3.05) is 19.7 Å². The van der Waals surface area contributed by atoms with E-state index in [1.165, 1.54) is 0 Å². The first-order valence-corrected chi connectivity index (χ1v) is 10.3. The number of likely N-dealkylation sites (tertiary alicyclic amines) is 1. The number of carbonyl (C=O) groups is 2. The van der Waals surface area contributed by atoms with Gasteiger partial charge >= 0.3 is 5.97 Å². The van der Waals surface area contributed by atoms with Crippen LogP contribution in [0.4, 0.5) is 0 Å². The van der Waals surface area contributed by atoms with Crippen LogP contribution in [0, 0.1) is 12.8 Å². The molecule has 0 N–H and O–H groups in total. The quantitative estimate of drug-likeness (QED) is 0.609. The van der Waals surface area contributed by atoms with Crippen LogP contribution in [0.3, 0.4) is 0 Å². The molecule has 0 radical (unpaired) electrons. The molecule has 7 nitrogen and oxygen atoms in total. The van der Waals surface area contributed by atoms with Crippen LogP contribution >= 0.6 is 0 Å². The molecule has 1 aromatic carbocycles. The summed E-state index contributed by atoms with van der Waals surface area (Å²) in [5, 5.41) is 4.54. The Morgan fingerprint density at radius 2 is 1.87 bits per heavy atom. The lowest BCUT2D eigenvalue weighted by Crippen LogP contribution is -2.40. The van der Waals surface area contributed by atoms with E-state index in [9.17, 15) is 9.59 Å². The number of amides is 1. The molecule has 30 heavy (non-hydrogen) atoms. The number of carbonyl (C=O) groups excluding carboxylic acids is 2. The van der Waals surface area contributed by atoms with Crippen LogP contribution in [0.15, 0.2) is 55.0 Å². The van der Waals surface area contributed by atoms with E-state index >= 15 is 0 Å². The number of esters is 1. The zero-order valence-electron chi connectivity index (χ0n) is 17.3. The summed E-state index contributed by atoms with van der Waals surface area (Å²) in [5.74, 6) is 0.348. The van der Waals surface area contributed by atoms with Gasteiger partial charge in [0, 0.05) is 25.5 Å². The van der Waals surface area contributed by atoms with Gasteiger partial charge in [-0.2, -0.15) is 5.10 Å². The number of piperidine rings is 1. The summed E-state index contributed by atoms with van der Waals surface area (Å²) in [4.78, 5) is 27.2. The first kappa shape index (κ1) is 19.9. The molecule has 2 aromatic heterocycles. The third kappa shape index (κ3) is 3.87. The Labute approximate surface area is 175 Å². The SMILES string of the molecule is CCOC(=O)C1CCN(C(=O)c2cnn(-c3cccc(C)c3)c2-n2cccc2)CC1. The Hall–Kier alpha value is -3.35. The highest BCUT2D eigenvalue weighted by Crippen LogP contribution is 2.25. The topological polar surface area (TPSA) is 69.4 Å². The molecule has 7 heteroatoms. The molecule has 4 rings (SSSR count). The number of benzene rings is 1. The molecule has 0 unspecified atom stereocenters. The lowest BCUT2D eigenvalue weighted by Gasteiger charge is -2.30. The van der Waals surface area contributed by atoms with Crippen molar-refractivity contribution in [2.24, 2.45) is 5.92 Å². The first-order valence-electron chi connectivity index (χ1n) is 10.3. The fourth-order valence-electron chi connectivity index (χ4n) is 3.91. The summed E-state index contributed by atoms with van der Waals surface area (Å²) in [6.45, 7) is 5.29.